The normalized spacial score (nSPS) is 16.0. The first kappa shape index (κ1) is 27.5. The third kappa shape index (κ3) is 5.65. The van der Waals surface area contributed by atoms with Crippen molar-refractivity contribution >= 4 is 28.8 Å². The smallest absolute Gasteiger partial charge is 0.270 e. The zero-order chi connectivity index (χ0) is 27.6. The molecular weight excluding hydrogens is 498 g/mol. The summed E-state index contributed by atoms with van der Waals surface area (Å²) in [5.41, 5.74) is 3.50. The molecular formula is C30H35N3O4S. The van der Waals surface area contributed by atoms with Crippen LogP contribution in [0.2, 0.25) is 0 Å². The Hall–Kier alpha value is -3.52. The van der Waals surface area contributed by atoms with Gasteiger partial charge in [0.1, 0.15) is 6.54 Å². The molecule has 0 spiro atoms. The number of nitro groups is 1. The van der Waals surface area contributed by atoms with E-state index in [1.165, 1.54) is 28.6 Å². The second kappa shape index (κ2) is 11.1. The minimum Gasteiger partial charge on any atom is -0.330 e. The first-order valence-corrected chi connectivity index (χ1v) is 13.9. The van der Waals surface area contributed by atoms with Crippen molar-refractivity contribution in [3.63, 3.8) is 0 Å². The van der Waals surface area contributed by atoms with Crippen molar-refractivity contribution in [2.75, 3.05) is 13.1 Å². The summed E-state index contributed by atoms with van der Waals surface area (Å²) >= 11 is 1.72. The lowest BCUT2D eigenvalue weighted by Gasteiger charge is -2.38. The molecule has 0 bridgehead atoms. The summed E-state index contributed by atoms with van der Waals surface area (Å²) in [6.07, 6.45) is 1.43. The van der Waals surface area contributed by atoms with Crippen molar-refractivity contribution < 1.29 is 14.5 Å². The van der Waals surface area contributed by atoms with Crippen LogP contribution < -0.4 is 0 Å². The molecule has 0 saturated carbocycles. The van der Waals surface area contributed by atoms with E-state index in [2.05, 4.69) is 56.5 Å². The number of hydrogen-bond acceptors (Lipinski definition) is 5. The highest BCUT2D eigenvalue weighted by Gasteiger charge is 2.35. The summed E-state index contributed by atoms with van der Waals surface area (Å²) in [5.74, 6) is -0.512. The van der Waals surface area contributed by atoms with Crippen LogP contribution in [0.1, 0.15) is 79.0 Å². The molecule has 2 unspecified atom stereocenters. The van der Waals surface area contributed by atoms with Gasteiger partial charge in [-0.05, 0) is 59.4 Å². The number of nitro benzene ring substituents is 1. The van der Waals surface area contributed by atoms with Gasteiger partial charge in [0.05, 0.1) is 11.0 Å². The highest BCUT2D eigenvalue weighted by Crippen LogP contribution is 2.38. The second-order valence-electron chi connectivity index (χ2n) is 10.9. The number of amides is 2. The number of nitrogens with zero attached hydrogens (tertiary/aromatic N) is 3. The van der Waals surface area contributed by atoms with E-state index in [0.717, 1.165) is 17.5 Å². The van der Waals surface area contributed by atoms with Crippen molar-refractivity contribution in [3.05, 3.63) is 97.2 Å². The standard InChI is InChI=1S/C30H35N3O4S/c1-6-20(2)32(29(35)22-8-7-9-24(18-22)33(36)37)19-27(34)31-16-14-26-25(15-17-38-26)28(31)21-10-12-23(13-11-21)30(3,4)5/h7-13,15,17-18,20,28H,6,14,16,19H2,1-5H3. The van der Waals surface area contributed by atoms with E-state index in [9.17, 15) is 19.7 Å². The molecule has 0 N–H and O–H groups in total. The average Bonchev–Trinajstić information content (AvgIpc) is 3.39. The predicted molar refractivity (Wildman–Crippen MR) is 151 cm³/mol. The number of fused-ring (bicyclic) bond motifs is 1. The van der Waals surface area contributed by atoms with E-state index >= 15 is 0 Å². The number of carbonyl (C=O) groups is 2. The minimum atomic E-state index is -0.517. The summed E-state index contributed by atoms with van der Waals surface area (Å²) in [4.78, 5) is 42.9. The van der Waals surface area contributed by atoms with Crippen molar-refractivity contribution in [2.24, 2.45) is 0 Å². The third-order valence-electron chi connectivity index (χ3n) is 7.37. The van der Waals surface area contributed by atoms with E-state index in [1.807, 2.05) is 18.7 Å². The van der Waals surface area contributed by atoms with Gasteiger partial charge in [-0.25, -0.2) is 0 Å². The molecule has 0 aliphatic carbocycles. The number of non-ortho nitro benzene ring substituents is 1. The summed E-state index contributed by atoms with van der Waals surface area (Å²) in [6.45, 7) is 10.9. The van der Waals surface area contributed by atoms with Gasteiger partial charge < -0.3 is 9.80 Å². The lowest BCUT2D eigenvalue weighted by atomic mass is 9.85. The fourth-order valence-electron chi connectivity index (χ4n) is 4.91. The van der Waals surface area contributed by atoms with Crippen molar-refractivity contribution in [2.45, 2.75) is 65.0 Å². The predicted octanol–water partition coefficient (Wildman–Crippen LogP) is 6.37. The molecule has 1 aliphatic rings. The minimum absolute atomic E-state index is 0.0256. The van der Waals surface area contributed by atoms with E-state index in [-0.39, 0.29) is 47.1 Å². The highest BCUT2D eigenvalue weighted by molar-refractivity contribution is 7.10. The van der Waals surface area contributed by atoms with E-state index in [4.69, 9.17) is 0 Å². The van der Waals surface area contributed by atoms with Crippen LogP contribution in [0.25, 0.3) is 0 Å². The van der Waals surface area contributed by atoms with Crippen LogP contribution in [0.3, 0.4) is 0 Å². The Balaban J connectivity index is 1.65. The fraction of sp³-hybridized carbons (Fsp3) is 0.400. The molecule has 2 amide bonds. The Morgan fingerprint density at radius 1 is 1.16 bits per heavy atom. The molecule has 4 rings (SSSR count). The number of hydrogen-bond donors (Lipinski definition) is 0. The van der Waals surface area contributed by atoms with E-state index in [1.54, 1.807) is 22.3 Å². The maximum Gasteiger partial charge on any atom is 0.270 e. The molecule has 2 heterocycles. The zero-order valence-electron chi connectivity index (χ0n) is 22.6. The van der Waals surface area contributed by atoms with Crippen LogP contribution in [-0.2, 0) is 16.6 Å². The summed E-state index contributed by atoms with van der Waals surface area (Å²) in [5, 5.41) is 13.3. The second-order valence-corrected chi connectivity index (χ2v) is 11.9. The van der Waals surface area contributed by atoms with Crippen LogP contribution >= 0.6 is 11.3 Å². The Kier molecular flexibility index (Phi) is 8.02. The Bertz CT molecular complexity index is 1330. The SMILES string of the molecule is CCC(C)N(CC(=O)N1CCc2sccc2C1c1ccc(C(C)(C)C)cc1)C(=O)c1cccc([N+](=O)[O-])c1. The van der Waals surface area contributed by atoms with Gasteiger partial charge in [0.15, 0.2) is 0 Å². The Morgan fingerprint density at radius 2 is 1.87 bits per heavy atom. The van der Waals surface area contributed by atoms with Gasteiger partial charge >= 0.3 is 0 Å². The van der Waals surface area contributed by atoms with Crippen molar-refractivity contribution in [1.82, 2.24) is 9.80 Å². The molecule has 7 nitrogen and oxygen atoms in total. The first-order valence-electron chi connectivity index (χ1n) is 13.0. The van der Waals surface area contributed by atoms with Gasteiger partial charge in [0, 0.05) is 35.2 Å². The van der Waals surface area contributed by atoms with Crippen molar-refractivity contribution in [3.8, 4) is 0 Å². The van der Waals surface area contributed by atoms with Gasteiger partial charge in [0.2, 0.25) is 5.91 Å². The molecule has 0 saturated heterocycles. The van der Waals surface area contributed by atoms with Gasteiger partial charge in [-0.3, -0.25) is 19.7 Å². The largest absolute Gasteiger partial charge is 0.330 e. The molecule has 0 radical (unpaired) electrons. The maximum absolute atomic E-state index is 13.9. The zero-order valence-corrected chi connectivity index (χ0v) is 23.5. The summed E-state index contributed by atoms with van der Waals surface area (Å²) in [6, 6.07) is 15.9. The number of thiophene rings is 1. The first-order chi connectivity index (χ1) is 18.0. The van der Waals surface area contributed by atoms with E-state index < -0.39 is 4.92 Å². The van der Waals surface area contributed by atoms with Crippen LogP contribution in [-0.4, -0.2) is 45.7 Å². The maximum atomic E-state index is 13.9. The topological polar surface area (TPSA) is 83.8 Å². The number of benzene rings is 2. The van der Waals surface area contributed by atoms with E-state index in [0.29, 0.717) is 13.0 Å². The van der Waals surface area contributed by atoms with Crippen LogP contribution in [0.5, 0.6) is 0 Å². The van der Waals surface area contributed by atoms with Crippen molar-refractivity contribution in [1.29, 1.82) is 0 Å². The molecule has 1 aliphatic heterocycles. The highest BCUT2D eigenvalue weighted by atomic mass is 32.1. The number of rotatable bonds is 7. The van der Waals surface area contributed by atoms with Gasteiger partial charge in [-0.1, -0.05) is 58.0 Å². The van der Waals surface area contributed by atoms with Crippen LogP contribution in [0.4, 0.5) is 5.69 Å². The van der Waals surface area contributed by atoms with Crippen LogP contribution in [0, 0.1) is 10.1 Å². The lowest BCUT2D eigenvalue weighted by molar-refractivity contribution is -0.384. The molecule has 38 heavy (non-hydrogen) atoms. The summed E-state index contributed by atoms with van der Waals surface area (Å²) in [7, 11) is 0. The molecule has 3 aromatic rings. The molecule has 8 heteroatoms. The molecule has 2 atom stereocenters. The molecule has 2 aromatic carbocycles. The molecule has 200 valence electrons. The third-order valence-corrected chi connectivity index (χ3v) is 8.37. The van der Waals surface area contributed by atoms with Gasteiger partial charge in [-0.15, -0.1) is 11.3 Å². The monoisotopic (exact) mass is 533 g/mol. The number of carbonyl (C=O) groups excluding carboxylic acids is 2. The van der Waals surface area contributed by atoms with Crippen LogP contribution in [0.15, 0.2) is 60.0 Å². The van der Waals surface area contributed by atoms with Gasteiger partial charge in [-0.2, -0.15) is 0 Å². The average molecular weight is 534 g/mol. The summed E-state index contributed by atoms with van der Waals surface area (Å²) < 4.78 is 0. The Morgan fingerprint density at radius 3 is 2.50 bits per heavy atom. The quantitative estimate of drug-likeness (QED) is 0.261. The molecule has 0 fully saturated rings. The Labute approximate surface area is 228 Å². The van der Waals surface area contributed by atoms with Gasteiger partial charge in [0.25, 0.3) is 11.6 Å². The molecule has 1 aromatic heterocycles. The lowest BCUT2D eigenvalue weighted by Crippen LogP contribution is -2.49. The fourth-order valence-corrected chi connectivity index (χ4v) is 5.82.